The van der Waals surface area contributed by atoms with Crippen molar-refractivity contribution >= 4 is 0 Å². The normalized spacial score (nSPS) is 18.5. The molecule has 1 heteroatoms. The Morgan fingerprint density at radius 3 is 2.41 bits per heavy atom. The topological polar surface area (TPSA) is 12.0 Å². The second kappa shape index (κ2) is 5.68. The Balaban J connectivity index is 1.85. The van der Waals surface area contributed by atoms with Gasteiger partial charge in [0.15, 0.2) is 0 Å². The molecule has 1 aliphatic carbocycles. The average molecular weight is 231 g/mol. The highest BCUT2D eigenvalue weighted by atomic mass is 14.9. The summed E-state index contributed by atoms with van der Waals surface area (Å²) in [6, 6.07) is 8.78. The second-order valence-corrected chi connectivity index (χ2v) is 5.74. The van der Waals surface area contributed by atoms with Gasteiger partial charge in [0.2, 0.25) is 0 Å². The van der Waals surface area contributed by atoms with E-state index < -0.39 is 0 Å². The minimum Gasteiger partial charge on any atom is -0.312 e. The van der Waals surface area contributed by atoms with Crippen LogP contribution in [0.3, 0.4) is 0 Å². The maximum Gasteiger partial charge on any atom is 0.0208 e. The minimum absolute atomic E-state index is 0.557. The second-order valence-electron chi connectivity index (χ2n) is 5.74. The van der Waals surface area contributed by atoms with Gasteiger partial charge in [0.1, 0.15) is 0 Å². The van der Waals surface area contributed by atoms with Crippen LogP contribution in [0, 0.1) is 5.41 Å². The Hall–Kier alpha value is -0.820. The maximum absolute atomic E-state index is 3.66. The Bertz CT molecular complexity index is 350. The van der Waals surface area contributed by atoms with E-state index in [2.05, 4.69) is 43.4 Å². The molecule has 1 aliphatic rings. The molecule has 1 saturated carbocycles. The summed E-state index contributed by atoms with van der Waals surface area (Å²) in [6.45, 7) is 6.86. The lowest BCUT2D eigenvalue weighted by Crippen LogP contribution is -2.29. The van der Waals surface area contributed by atoms with Gasteiger partial charge in [-0.1, -0.05) is 51.0 Å². The third-order valence-electron chi connectivity index (χ3n) is 4.18. The lowest BCUT2D eigenvalue weighted by molar-refractivity contribution is 0.314. The van der Waals surface area contributed by atoms with Crippen molar-refractivity contribution in [2.24, 2.45) is 5.41 Å². The number of rotatable bonds is 5. The number of hydrogen-bond donors (Lipinski definition) is 1. The molecule has 0 bridgehead atoms. The van der Waals surface area contributed by atoms with Gasteiger partial charge in [0.05, 0.1) is 0 Å². The highest BCUT2D eigenvalue weighted by molar-refractivity contribution is 5.26. The smallest absolute Gasteiger partial charge is 0.0208 e. The zero-order valence-corrected chi connectivity index (χ0v) is 11.3. The van der Waals surface area contributed by atoms with E-state index in [9.17, 15) is 0 Å². The number of benzene rings is 1. The largest absolute Gasteiger partial charge is 0.312 e. The molecule has 0 radical (unpaired) electrons. The van der Waals surface area contributed by atoms with E-state index in [1.54, 1.807) is 0 Å². The molecule has 1 aromatic carbocycles. The van der Waals surface area contributed by atoms with E-state index in [0.29, 0.717) is 5.41 Å². The van der Waals surface area contributed by atoms with Crippen molar-refractivity contribution in [3.63, 3.8) is 0 Å². The first-order valence-corrected chi connectivity index (χ1v) is 7.01. The highest BCUT2D eigenvalue weighted by Crippen LogP contribution is 2.36. The SMILES string of the molecule is CCc1ccccc1CNCC1(C)CCCC1. The van der Waals surface area contributed by atoms with Crippen LogP contribution in [-0.4, -0.2) is 6.54 Å². The van der Waals surface area contributed by atoms with Crippen molar-refractivity contribution in [2.75, 3.05) is 6.54 Å². The standard InChI is InChI=1S/C16H25N/c1-3-14-8-4-5-9-15(14)12-17-13-16(2)10-6-7-11-16/h4-5,8-9,17H,3,6-7,10-13H2,1-2H3. The van der Waals surface area contributed by atoms with Crippen molar-refractivity contribution < 1.29 is 0 Å². The fraction of sp³-hybridized carbons (Fsp3) is 0.625. The van der Waals surface area contributed by atoms with Crippen LogP contribution in [0.15, 0.2) is 24.3 Å². The van der Waals surface area contributed by atoms with E-state index in [1.165, 1.54) is 43.4 Å². The van der Waals surface area contributed by atoms with E-state index in [-0.39, 0.29) is 0 Å². The lowest BCUT2D eigenvalue weighted by atomic mass is 9.89. The first-order valence-electron chi connectivity index (χ1n) is 7.01. The van der Waals surface area contributed by atoms with Crippen LogP contribution in [0.25, 0.3) is 0 Å². The van der Waals surface area contributed by atoms with Crippen molar-refractivity contribution in [1.82, 2.24) is 5.32 Å². The molecule has 0 atom stereocenters. The molecular formula is C16H25N. The number of aryl methyl sites for hydroxylation is 1. The number of nitrogens with one attached hydrogen (secondary N) is 1. The summed E-state index contributed by atoms with van der Waals surface area (Å²) in [5.74, 6) is 0. The van der Waals surface area contributed by atoms with Crippen LogP contribution < -0.4 is 5.32 Å². The molecule has 0 amide bonds. The summed E-state index contributed by atoms with van der Waals surface area (Å²) in [6.07, 6.45) is 6.77. The first-order chi connectivity index (χ1) is 8.23. The van der Waals surface area contributed by atoms with E-state index in [1.807, 2.05) is 0 Å². The van der Waals surface area contributed by atoms with Gasteiger partial charge in [-0.2, -0.15) is 0 Å². The Kier molecular flexibility index (Phi) is 4.22. The molecule has 94 valence electrons. The summed E-state index contributed by atoms with van der Waals surface area (Å²) in [4.78, 5) is 0. The summed E-state index contributed by atoms with van der Waals surface area (Å²) in [5.41, 5.74) is 3.51. The van der Waals surface area contributed by atoms with Crippen LogP contribution in [0.2, 0.25) is 0 Å². The lowest BCUT2D eigenvalue weighted by Gasteiger charge is -2.24. The summed E-state index contributed by atoms with van der Waals surface area (Å²) < 4.78 is 0. The monoisotopic (exact) mass is 231 g/mol. The van der Waals surface area contributed by atoms with Crippen molar-refractivity contribution in [1.29, 1.82) is 0 Å². The molecule has 0 aromatic heterocycles. The van der Waals surface area contributed by atoms with Crippen LogP contribution in [0.4, 0.5) is 0 Å². The molecule has 0 unspecified atom stereocenters. The zero-order valence-electron chi connectivity index (χ0n) is 11.3. The van der Waals surface area contributed by atoms with Gasteiger partial charge in [-0.05, 0) is 35.8 Å². The highest BCUT2D eigenvalue weighted by Gasteiger charge is 2.27. The van der Waals surface area contributed by atoms with E-state index >= 15 is 0 Å². The molecule has 0 aliphatic heterocycles. The molecule has 1 nitrogen and oxygen atoms in total. The Morgan fingerprint density at radius 2 is 1.76 bits per heavy atom. The van der Waals surface area contributed by atoms with Gasteiger partial charge in [0, 0.05) is 13.1 Å². The molecule has 1 N–H and O–H groups in total. The van der Waals surface area contributed by atoms with Gasteiger partial charge in [-0.15, -0.1) is 0 Å². The van der Waals surface area contributed by atoms with Gasteiger partial charge < -0.3 is 5.32 Å². The van der Waals surface area contributed by atoms with Gasteiger partial charge in [-0.25, -0.2) is 0 Å². The molecule has 17 heavy (non-hydrogen) atoms. The predicted molar refractivity (Wildman–Crippen MR) is 74.1 cm³/mol. The number of hydrogen-bond acceptors (Lipinski definition) is 1. The molecule has 1 fully saturated rings. The first kappa shape index (κ1) is 12.6. The van der Waals surface area contributed by atoms with Crippen molar-refractivity contribution in [2.45, 2.75) is 52.5 Å². The molecule has 0 spiro atoms. The van der Waals surface area contributed by atoms with Crippen LogP contribution in [-0.2, 0) is 13.0 Å². The van der Waals surface area contributed by atoms with Crippen LogP contribution >= 0.6 is 0 Å². The molecule has 1 aromatic rings. The van der Waals surface area contributed by atoms with E-state index in [4.69, 9.17) is 0 Å². The summed E-state index contributed by atoms with van der Waals surface area (Å²) >= 11 is 0. The van der Waals surface area contributed by atoms with Gasteiger partial charge >= 0.3 is 0 Å². The predicted octanol–water partition coefficient (Wildman–Crippen LogP) is 3.92. The zero-order chi connectivity index (χ0) is 12.1. The van der Waals surface area contributed by atoms with Gasteiger partial charge in [-0.3, -0.25) is 0 Å². The van der Waals surface area contributed by atoms with Crippen molar-refractivity contribution in [3.05, 3.63) is 35.4 Å². The summed E-state index contributed by atoms with van der Waals surface area (Å²) in [7, 11) is 0. The van der Waals surface area contributed by atoms with E-state index in [0.717, 1.165) is 13.0 Å². The molecule has 2 rings (SSSR count). The fourth-order valence-corrected chi connectivity index (χ4v) is 2.98. The Labute approximate surface area is 106 Å². The average Bonchev–Trinajstić information content (AvgIpc) is 2.77. The quantitative estimate of drug-likeness (QED) is 0.810. The summed E-state index contributed by atoms with van der Waals surface area (Å²) in [5, 5.41) is 3.66. The Morgan fingerprint density at radius 1 is 1.12 bits per heavy atom. The van der Waals surface area contributed by atoms with Crippen molar-refractivity contribution in [3.8, 4) is 0 Å². The molecule has 0 heterocycles. The third-order valence-corrected chi connectivity index (χ3v) is 4.18. The third kappa shape index (κ3) is 3.32. The fourth-order valence-electron chi connectivity index (χ4n) is 2.98. The van der Waals surface area contributed by atoms with Crippen LogP contribution in [0.1, 0.15) is 50.7 Å². The van der Waals surface area contributed by atoms with Crippen LogP contribution in [0.5, 0.6) is 0 Å². The minimum atomic E-state index is 0.557. The molecule has 0 saturated heterocycles. The molecular weight excluding hydrogens is 206 g/mol. The maximum atomic E-state index is 3.66. The van der Waals surface area contributed by atoms with Gasteiger partial charge in [0.25, 0.3) is 0 Å².